The van der Waals surface area contributed by atoms with Crippen LogP contribution in [0.4, 0.5) is 5.69 Å². The zero-order chi connectivity index (χ0) is 17.1. The fourth-order valence-corrected chi connectivity index (χ4v) is 3.12. The van der Waals surface area contributed by atoms with Gasteiger partial charge in [-0.3, -0.25) is 4.79 Å². The van der Waals surface area contributed by atoms with E-state index < -0.39 is 0 Å². The van der Waals surface area contributed by atoms with Crippen LogP contribution in [0.5, 0.6) is 11.5 Å². The van der Waals surface area contributed by atoms with Crippen molar-refractivity contribution in [1.82, 2.24) is 14.8 Å². The summed E-state index contributed by atoms with van der Waals surface area (Å²) in [5, 5.41) is 11.4. The number of hydrogen-bond donors (Lipinski definition) is 1. The minimum atomic E-state index is -0.331. The number of fused-ring (bicyclic) bond motifs is 1. The van der Waals surface area contributed by atoms with Crippen molar-refractivity contribution in [1.29, 1.82) is 0 Å². The third-order valence-electron chi connectivity index (χ3n) is 3.50. The molecular formula is C16H18N4O3S. The molecule has 8 heteroatoms. The highest BCUT2D eigenvalue weighted by Gasteiger charge is 2.20. The Kier molecular flexibility index (Phi) is 4.75. The molecule has 0 unspecified atom stereocenters. The van der Waals surface area contributed by atoms with Crippen LogP contribution in [0, 0.1) is 6.92 Å². The monoisotopic (exact) mass is 346 g/mol. The Morgan fingerprint density at radius 3 is 3.04 bits per heavy atom. The van der Waals surface area contributed by atoms with E-state index in [-0.39, 0.29) is 18.0 Å². The first-order valence-electron chi connectivity index (χ1n) is 7.46. The molecule has 1 aromatic carbocycles. The molecular weight excluding hydrogens is 328 g/mol. The highest BCUT2D eigenvalue weighted by Crippen LogP contribution is 2.34. The Hall–Kier alpha value is -2.48. The van der Waals surface area contributed by atoms with Crippen molar-refractivity contribution in [3.05, 3.63) is 36.7 Å². The molecule has 1 aliphatic rings. The number of rotatable bonds is 6. The largest absolute Gasteiger partial charge is 0.454 e. The molecule has 1 aromatic heterocycles. The minimum absolute atomic E-state index is 0.121. The maximum atomic E-state index is 12.4. The Bertz CT molecular complexity index is 775. The van der Waals surface area contributed by atoms with Gasteiger partial charge in [-0.25, -0.2) is 0 Å². The van der Waals surface area contributed by atoms with Crippen LogP contribution in [0.1, 0.15) is 12.7 Å². The fourth-order valence-electron chi connectivity index (χ4n) is 2.22. The summed E-state index contributed by atoms with van der Waals surface area (Å²) in [5.74, 6) is 1.99. The second-order valence-electron chi connectivity index (χ2n) is 5.25. The maximum absolute atomic E-state index is 12.4. The number of allylic oxidation sites excluding steroid dienone is 1. The van der Waals surface area contributed by atoms with Gasteiger partial charge in [-0.2, -0.15) is 0 Å². The van der Waals surface area contributed by atoms with Crippen molar-refractivity contribution < 1.29 is 14.3 Å². The van der Waals surface area contributed by atoms with E-state index in [4.69, 9.17) is 9.47 Å². The van der Waals surface area contributed by atoms with Gasteiger partial charge in [0.05, 0.1) is 5.25 Å². The maximum Gasteiger partial charge on any atom is 0.237 e. The van der Waals surface area contributed by atoms with Crippen molar-refractivity contribution in [3.63, 3.8) is 0 Å². The van der Waals surface area contributed by atoms with E-state index >= 15 is 0 Å². The summed E-state index contributed by atoms with van der Waals surface area (Å²) >= 11 is 1.36. The third-order valence-corrected chi connectivity index (χ3v) is 4.59. The first kappa shape index (κ1) is 16.4. The van der Waals surface area contributed by atoms with Gasteiger partial charge in [0, 0.05) is 18.3 Å². The molecule has 0 bridgehead atoms. The SMILES string of the molecule is C=CCn1c(C)nnc1S[C@@H](C)C(=O)Nc1ccc2c(c1)OCO2. The van der Waals surface area contributed by atoms with Gasteiger partial charge in [0.1, 0.15) is 5.82 Å². The molecule has 0 spiro atoms. The summed E-state index contributed by atoms with van der Waals surface area (Å²) < 4.78 is 12.5. The second kappa shape index (κ2) is 6.96. The highest BCUT2D eigenvalue weighted by atomic mass is 32.2. The van der Waals surface area contributed by atoms with Gasteiger partial charge in [-0.05, 0) is 26.0 Å². The average molecular weight is 346 g/mol. The number of ether oxygens (including phenoxy) is 2. The van der Waals surface area contributed by atoms with E-state index in [0.717, 1.165) is 5.82 Å². The molecule has 0 saturated heterocycles. The molecule has 0 fully saturated rings. The number of anilines is 1. The first-order valence-corrected chi connectivity index (χ1v) is 8.34. The summed E-state index contributed by atoms with van der Waals surface area (Å²) in [4.78, 5) is 12.4. The molecule has 3 rings (SSSR count). The molecule has 126 valence electrons. The lowest BCUT2D eigenvalue weighted by atomic mass is 10.2. The van der Waals surface area contributed by atoms with Gasteiger partial charge in [0.15, 0.2) is 16.7 Å². The predicted molar refractivity (Wildman–Crippen MR) is 91.5 cm³/mol. The third kappa shape index (κ3) is 3.38. The molecule has 7 nitrogen and oxygen atoms in total. The number of carbonyl (C=O) groups excluding carboxylic acids is 1. The molecule has 1 aliphatic heterocycles. The summed E-state index contributed by atoms with van der Waals surface area (Å²) in [6.45, 7) is 8.25. The zero-order valence-corrected chi connectivity index (χ0v) is 14.3. The van der Waals surface area contributed by atoms with Crippen molar-refractivity contribution in [2.75, 3.05) is 12.1 Å². The van der Waals surface area contributed by atoms with E-state index in [0.29, 0.717) is 28.9 Å². The van der Waals surface area contributed by atoms with Gasteiger partial charge in [-0.1, -0.05) is 17.8 Å². The van der Waals surface area contributed by atoms with Crippen molar-refractivity contribution in [3.8, 4) is 11.5 Å². The molecule has 24 heavy (non-hydrogen) atoms. The van der Waals surface area contributed by atoms with Crippen molar-refractivity contribution in [2.45, 2.75) is 30.8 Å². The van der Waals surface area contributed by atoms with Crippen LogP contribution >= 0.6 is 11.8 Å². The lowest BCUT2D eigenvalue weighted by Crippen LogP contribution is -2.23. The van der Waals surface area contributed by atoms with Crippen LogP contribution in [0.3, 0.4) is 0 Å². The fraction of sp³-hybridized carbons (Fsp3) is 0.312. The number of nitrogens with zero attached hydrogens (tertiary/aromatic N) is 3. The van der Waals surface area contributed by atoms with E-state index in [1.54, 1.807) is 24.3 Å². The lowest BCUT2D eigenvalue weighted by molar-refractivity contribution is -0.115. The van der Waals surface area contributed by atoms with E-state index in [1.807, 2.05) is 18.4 Å². The number of thioether (sulfide) groups is 1. The van der Waals surface area contributed by atoms with Crippen LogP contribution in [-0.4, -0.2) is 32.7 Å². The minimum Gasteiger partial charge on any atom is -0.454 e. The average Bonchev–Trinajstić information content (AvgIpc) is 3.16. The van der Waals surface area contributed by atoms with E-state index in [1.165, 1.54) is 11.8 Å². The molecule has 0 saturated carbocycles. The lowest BCUT2D eigenvalue weighted by Gasteiger charge is -2.12. The van der Waals surface area contributed by atoms with Gasteiger partial charge in [-0.15, -0.1) is 16.8 Å². The zero-order valence-electron chi connectivity index (χ0n) is 13.5. The molecule has 1 N–H and O–H groups in total. The van der Waals surface area contributed by atoms with Gasteiger partial charge < -0.3 is 19.4 Å². The standard InChI is InChI=1S/C16H18N4O3S/c1-4-7-20-11(3)18-19-16(20)24-10(2)15(21)17-12-5-6-13-14(8-12)23-9-22-13/h4-6,8,10H,1,7,9H2,2-3H3,(H,17,21)/t10-/m0/s1. The number of nitrogens with one attached hydrogen (secondary N) is 1. The van der Waals surface area contributed by atoms with Crippen LogP contribution < -0.4 is 14.8 Å². The van der Waals surface area contributed by atoms with Crippen LogP contribution in [-0.2, 0) is 11.3 Å². The van der Waals surface area contributed by atoms with E-state index in [2.05, 4.69) is 22.1 Å². The van der Waals surface area contributed by atoms with Gasteiger partial charge >= 0.3 is 0 Å². The smallest absolute Gasteiger partial charge is 0.237 e. The quantitative estimate of drug-likeness (QED) is 0.640. The highest BCUT2D eigenvalue weighted by molar-refractivity contribution is 8.00. The molecule has 2 aromatic rings. The molecule has 1 atom stereocenters. The first-order chi connectivity index (χ1) is 11.6. The molecule has 0 aliphatic carbocycles. The Balaban J connectivity index is 1.66. The number of hydrogen-bond acceptors (Lipinski definition) is 6. The molecule has 0 radical (unpaired) electrons. The number of amides is 1. The summed E-state index contributed by atoms with van der Waals surface area (Å²) in [5.41, 5.74) is 0.667. The predicted octanol–water partition coefficient (Wildman–Crippen LogP) is 2.62. The van der Waals surface area contributed by atoms with Crippen molar-refractivity contribution >= 4 is 23.4 Å². The van der Waals surface area contributed by atoms with Crippen LogP contribution in [0.15, 0.2) is 36.0 Å². The number of carbonyl (C=O) groups is 1. The Morgan fingerprint density at radius 2 is 2.25 bits per heavy atom. The van der Waals surface area contributed by atoms with Gasteiger partial charge in [0.25, 0.3) is 0 Å². The second-order valence-corrected chi connectivity index (χ2v) is 6.55. The van der Waals surface area contributed by atoms with Crippen LogP contribution in [0.25, 0.3) is 0 Å². The van der Waals surface area contributed by atoms with E-state index in [9.17, 15) is 4.79 Å². The number of benzene rings is 1. The summed E-state index contributed by atoms with van der Waals surface area (Å²) in [6.07, 6.45) is 1.78. The Morgan fingerprint density at radius 1 is 1.46 bits per heavy atom. The summed E-state index contributed by atoms with van der Waals surface area (Å²) in [6, 6.07) is 5.31. The number of aromatic nitrogens is 3. The topological polar surface area (TPSA) is 78.3 Å². The van der Waals surface area contributed by atoms with Crippen LogP contribution in [0.2, 0.25) is 0 Å². The normalized spacial score (nSPS) is 13.6. The molecule has 1 amide bonds. The molecule has 2 heterocycles. The van der Waals surface area contributed by atoms with Gasteiger partial charge in [0.2, 0.25) is 12.7 Å². The summed E-state index contributed by atoms with van der Waals surface area (Å²) in [7, 11) is 0. The van der Waals surface area contributed by atoms with Crippen molar-refractivity contribution in [2.24, 2.45) is 0 Å². The Labute approximate surface area is 144 Å². The number of aryl methyl sites for hydroxylation is 1.